The van der Waals surface area contributed by atoms with Gasteiger partial charge in [-0.15, -0.1) is 0 Å². The Morgan fingerprint density at radius 2 is 1.89 bits per heavy atom. The Kier molecular flexibility index (Phi) is 8.49. The van der Waals surface area contributed by atoms with Crippen LogP contribution < -0.4 is 20.7 Å². The van der Waals surface area contributed by atoms with Gasteiger partial charge in [0.1, 0.15) is 18.5 Å². The smallest absolute Gasteiger partial charge is 0.319 e. The van der Waals surface area contributed by atoms with Crippen LogP contribution in [0.2, 0.25) is 0 Å². The van der Waals surface area contributed by atoms with Crippen molar-refractivity contribution in [3.05, 3.63) is 23.8 Å². The number of rotatable bonds is 6. The predicted molar refractivity (Wildman–Crippen MR) is 133 cm³/mol. The predicted octanol–water partition coefficient (Wildman–Crippen LogP) is 3.30. The van der Waals surface area contributed by atoms with Crippen molar-refractivity contribution in [1.82, 2.24) is 15.5 Å². The van der Waals surface area contributed by atoms with Crippen LogP contribution in [0.1, 0.15) is 68.6 Å². The molecule has 1 aromatic carbocycles. The fourth-order valence-electron chi connectivity index (χ4n) is 5.37. The van der Waals surface area contributed by atoms with Crippen molar-refractivity contribution in [1.29, 1.82) is 0 Å². The summed E-state index contributed by atoms with van der Waals surface area (Å²) in [6.45, 7) is 3.39. The molecule has 2 fully saturated rings. The molecule has 3 atom stereocenters. The summed E-state index contributed by atoms with van der Waals surface area (Å²) >= 11 is 0. The normalized spacial score (nSPS) is 24.8. The van der Waals surface area contributed by atoms with Crippen LogP contribution >= 0.6 is 0 Å². The van der Waals surface area contributed by atoms with E-state index in [4.69, 9.17) is 9.47 Å². The van der Waals surface area contributed by atoms with Gasteiger partial charge in [0.15, 0.2) is 0 Å². The number of nitrogens with zero attached hydrogens (tertiary/aromatic N) is 1. The summed E-state index contributed by atoms with van der Waals surface area (Å²) in [6, 6.07) is 4.59. The molecule has 2 aliphatic heterocycles. The Balaban J connectivity index is 1.35. The van der Waals surface area contributed by atoms with Gasteiger partial charge in [-0.2, -0.15) is 0 Å². The number of amides is 4. The molecule has 3 aliphatic rings. The van der Waals surface area contributed by atoms with Gasteiger partial charge >= 0.3 is 6.03 Å². The second kappa shape index (κ2) is 11.7. The number of anilines is 1. The van der Waals surface area contributed by atoms with E-state index in [1.165, 1.54) is 32.1 Å². The fourth-order valence-corrected chi connectivity index (χ4v) is 5.37. The van der Waals surface area contributed by atoms with Gasteiger partial charge in [-0.3, -0.25) is 9.59 Å². The number of fused-ring (bicyclic) bond motifs is 2. The lowest BCUT2D eigenvalue weighted by Gasteiger charge is -2.42. The van der Waals surface area contributed by atoms with Crippen molar-refractivity contribution in [2.45, 2.75) is 76.5 Å². The van der Waals surface area contributed by atoms with E-state index in [9.17, 15) is 14.4 Å². The van der Waals surface area contributed by atoms with Gasteiger partial charge in [-0.25, -0.2) is 4.79 Å². The first kappa shape index (κ1) is 25.3. The van der Waals surface area contributed by atoms with E-state index in [0.29, 0.717) is 48.9 Å². The van der Waals surface area contributed by atoms with Crippen molar-refractivity contribution < 1.29 is 23.9 Å². The van der Waals surface area contributed by atoms with Crippen molar-refractivity contribution in [2.75, 3.05) is 32.1 Å². The number of nitrogens with one attached hydrogen (secondary N) is 3. The molecule has 2 heterocycles. The first-order valence-corrected chi connectivity index (χ1v) is 13.0. The molecule has 0 aromatic heterocycles. The number of carbonyl (C=O) groups excluding carboxylic acids is 3. The number of ether oxygens (including phenoxy) is 2. The maximum absolute atomic E-state index is 13.3. The van der Waals surface area contributed by atoms with E-state index in [1.807, 2.05) is 6.92 Å². The standard InChI is InChI=1S/C26H38N4O5/c1-3-27-26(33)29-18-9-12-22-20(13-18)25(32)30(2)21-11-10-19(35-23(21)16-34-22)14-24(31)28-15-17-7-5-4-6-8-17/h9,12-13,17,19,21,23H,3-8,10-11,14-16H2,1-2H3,(H,28,31)(H2,27,29,33)/t19-,21-,23+/m1/s1. The SMILES string of the molecule is CCNC(=O)Nc1ccc2c(c1)C(=O)N(C)[C@@H]1CC[C@H](CC(=O)NCC3CCCCC3)O[C@H]1CO2. The molecule has 1 saturated carbocycles. The van der Waals surface area contributed by atoms with Crippen LogP contribution in [0.3, 0.4) is 0 Å². The lowest BCUT2D eigenvalue weighted by Crippen LogP contribution is -2.54. The second-order valence-corrected chi connectivity index (χ2v) is 9.88. The van der Waals surface area contributed by atoms with E-state index < -0.39 is 0 Å². The first-order valence-electron chi connectivity index (χ1n) is 13.0. The maximum Gasteiger partial charge on any atom is 0.319 e. The Morgan fingerprint density at radius 3 is 2.66 bits per heavy atom. The molecule has 0 radical (unpaired) electrons. The van der Waals surface area contributed by atoms with Gasteiger partial charge < -0.3 is 30.3 Å². The largest absolute Gasteiger partial charge is 0.490 e. The molecule has 4 amide bonds. The van der Waals surface area contributed by atoms with Gasteiger partial charge in [-0.05, 0) is 56.7 Å². The molecule has 1 aromatic rings. The maximum atomic E-state index is 13.3. The Morgan fingerprint density at radius 1 is 1.09 bits per heavy atom. The van der Waals surface area contributed by atoms with Gasteiger partial charge in [0.25, 0.3) is 5.91 Å². The highest BCUT2D eigenvalue weighted by Gasteiger charge is 2.39. The molecule has 1 aliphatic carbocycles. The summed E-state index contributed by atoms with van der Waals surface area (Å²) in [5.41, 5.74) is 0.931. The summed E-state index contributed by atoms with van der Waals surface area (Å²) in [7, 11) is 1.78. The van der Waals surface area contributed by atoms with E-state index in [1.54, 1.807) is 30.1 Å². The highest BCUT2D eigenvalue weighted by atomic mass is 16.5. The molecule has 0 unspecified atom stereocenters. The van der Waals surface area contributed by atoms with Crippen molar-refractivity contribution in [2.24, 2.45) is 5.92 Å². The monoisotopic (exact) mass is 486 g/mol. The number of urea groups is 1. The van der Waals surface area contributed by atoms with E-state index in [-0.39, 0.29) is 36.1 Å². The number of carbonyl (C=O) groups is 3. The molecule has 192 valence electrons. The van der Waals surface area contributed by atoms with Crippen molar-refractivity contribution in [3.63, 3.8) is 0 Å². The third kappa shape index (κ3) is 6.45. The number of hydrogen-bond acceptors (Lipinski definition) is 5. The van der Waals surface area contributed by atoms with Crippen LogP contribution in [-0.4, -0.2) is 67.7 Å². The fraction of sp³-hybridized carbons (Fsp3) is 0.654. The summed E-state index contributed by atoms with van der Waals surface area (Å²) in [5.74, 6) is 0.909. The second-order valence-electron chi connectivity index (χ2n) is 9.88. The number of benzene rings is 1. The highest BCUT2D eigenvalue weighted by molar-refractivity contribution is 5.99. The van der Waals surface area contributed by atoms with Crippen molar-refractivity contribution in [3.8, 4) is 5.75 Å². The van der Waals surface area contributed by atoms with Crippen LogP contribution in [0.15, 0.2) is 18.2 Å². The van der Waals surface area contributed by atoms with Crippen LogP contribution in [0.25, 0.3) is 0 Å². The lowest BCUT2D eigenvalue weighted by molar-refractivity contribution is -0.134. The zero-order valence-electron chi connectivity index (χ0n) is 20.8. The third-order valence-electron chi connectivity index (χ3n) is 7.33. The molecule has 1 saturated heterocycles. The lowest BCUT2D eigenvalue weighted by atomic mass is 9.89. The van der Waals surface area contributed by atoms with Gasteiger partial charge in [0.2, 0.25) is 5.91 Å². The third-order valence-corrected chi connectivity index (χ3v) is 7.33. The summed E-state index contributed by atoms with van der Waals surface area (Å²) in [6.07, 6.45) is 7.52. The summed E-state index contributed by atoms with van der Waals surface area (Å²) in [5, 5.41) is 8.51. The minimum Gasteiger partial charge on any atom is -0.490 e. The van der Waals surface area contributed by atoms with Crippen LogP contribution in [-0.2, 0) is 9.53 Å². The Bertz CT molecular complexity index is 917. The van der Waals surface area contributed by atoms with Crippen molar-refractivity contribution >= 4 is 23.5 Å². The topological polar surface area (TPSA) is 109 Å². The van der Waals surface area contributed by atoms with Crippen LogP contribution in [0.4, 0.5) is 10.5 Å². The van der Waals surface area contributed by atoms with E-state index in [2.05, 4.69) is 16.0 Å². The van der Waals surface area contributed by atoms with Gasteiger partial charge in [-0.1, -0.05) is 19.3 Å². The first-order chi connectivity index (χ1) is 16.9. The molecule has 35 heavy (non-hydrogen) atoms. The molecule has 0 spiro atoms. The summed E-state index contributed by atoms with van der Waals surface area (Å²) < 4.78 is 12.3. The van der Waals surface area contributed by atoms with E-state index in [0.717, 1.165) is 13.0 Å². The Hall–Kier alpha value is -2.81. The van der Waals surface area contributed by atoms with E-state index >= 15 is 0 Å². The molecule has 4 rings (SSSR count). The zero-order valence-corrected chi connectivity index (χ0v) is 20.8. The molecule has 0 bridgehead atoms. The average Bonchev–Trinajstić information content (AvgIpc) is 2.86. The van der Waals surface area contributed by atoms with Crippen LogP contribution in [0, 0.1) is 5.92 Å². The minimum atomic E-state index is -0.324. The molecular formula is C26H38N4O5. The molecule has 3 N–H and O–H groups in total. The van der Waals surface area contributed by atoms with Gasteiger partial charge in [0.05, 0.1) is 24.1 Å². The molecule has 9 nitrogen and oxygen atoms in total. The Labute approximate surface area is 207 Å². The minimum absolute atomic E-state index is 0.0349. The quantitative estimate of drug-likeness (QED) is 0.572. The highest BCUT2D eigenvalue weighted by Crippen LogP contribution is 2.32. The summed E-state index contributed by atoms with van der Waals surface area (Å²) in [4.78, 5) is 39.4. The number of likely N-dealkylation sites (N-methyl/N-ethyl adjacent to an activating group) is 1. The van der Waals surface area contributed by atoms with Crippen LogP contribution in [0.5, 0.6) is 5.75 Å². The van der Waals surface area contributed by atoms with Gasteiger partial charge in [0, 0.05) is 25.8 Å². The molecule has 9 heteroatoms. The average molecular weight is 487 g/mol. The zero-order chi connectivity index (χ0) is 24.8. The molecular weight excluding hydrogens is 448 g/mol. The number of hydrogen-bond donors (Lipinski definition) is 3.